The Hall–Kier alpha value is -0.940. The van der Waals surface area contributed by atoms with Crippen LogP contribution in [0.2, 0.25) is 0 Å². The SMILES string of the molecule is [CH2]CC[C@@H](NCC[C@@H](CCCCCCCCCCC)OCc1ccccc1)C(O)C1CCCCO1. The summed E-state index contributed by atoms with van der Waals surface area (Å²) in [6.45, 7) is 8.60. The quantitative estimate of drug-likeness (QED) is 0.177. The maximum Gasteiger partial charge on any atom is 0.0954 e. The molecule has 1 fully saturated rings. The Balaban J connectivity index is 1.74. The summed E-state index contributed by atoms with van der Waals surface area (Å²) >= 11 is 0. The zero-order chi connectivity index (χ0) is 25.0. The van der Waals surface area contributed by atoms with Gasteiger partial charge in [0, 0.05) is 12.6 Å². The van der Waals surface area contributed by atoms with Crippen molar-refractivity contribution in [2.24, 2.45) is 0 Å². The van der Waals surface area contributed by atoms with Gasteiger partial charge in [-0.25, -0.2) is 0 Å². The molecule has 0 amide bonds. The Labute approximate surface area is 216 Å². The second-order valence-corrected chi connectivity index (χ2v) is 10.4. The van der Waals surface area contributed by atoms with Crippen molar-refractivity contribution in [3.05, 3.63) is 42.8 Å². The molecule has 2 N–H and O–H groups in total. The molecule has 0 aromatic heterocycles. The van der Waals surface area contributed by atoms with Crippen molar-refractivity contribution in [1.82, 2.24) is 5.32 Å². The Bertz CT molecular complexity index is 590. The highest BCUT2D eigenvalue weighted by molar-refractivity contribution is 5.13. The van der Waals surface area contributed by atoms with E-state index in [2.05, 4.69) is 49.5 Å². The number of ether oxygens (including phenoxy) is 2. The van der Waals surface area contributed by atoms with E-state index in [0.717, 1.165) is 58.1 Å². The maximum absolute atomic E-state index is 10.9. The van der Waals surface area contributed by atoms with E-state index in [1.54, 1.807) is 0 Å². The zero-order valence-electron chi connectivity index (χ0n) is 22.6. The predicted octanol–water partition coefficient (Wildman–Crippen LogP) is 7.39. The molecular formula is C31H54NO3. The summed E-state index contributed by atoms with van der Waals surface area (Å²) in [5.41, 5.74) is 1.23. The average molecular weight is 489 g/mol. The molecule has 4 atom stereocenters. The van der Waals surface area contributed by atoms with Crippen LogP contribution in [0.5, 0.6) is 0 Å². The molecule has 1 saturated heterocycles. The molecule has 1 heterocycles. The molecule has 201 valence electrons. The standard InChI is InChI=1S/C31H54NO3/c1-3-5-6-7-8-9-10-11-15-21-28(35-26-27-19-13-12-14-20-27)23-24-32-29(18-4-2)31(33)30-22-16-17-25-34-30/h12-14,19-20,28-33H,2-11,15-18,21-26H2,1H3/t28-,29-,30?,31?/m1/s1. The lowest BCUT2D eigenvalue weighted by Crippen LogP contribution is -2.48. The molecule has 2 rings (SSSR count). The minimum absolute atomic E-state index is 0.0399. The number of hydrogen-bond donors (Lipinski definition) is 2. The van der Waals surface area contributed by atoms with E-state index in [4.69, 9.17) is 9.47 Å². The van der Waals surface area contributed by atoms with Crippen molar-refractivity contribution in [3.63, 3.8) is 0 Å². The van der Waals surface area contributed by atoms with Crippen LogP contribution >= 0.6 is 0 Å². The first-order valence-corrected chi connectivity index (χ1v) is 14.7. The molecule has 1 radical (unpaired) electrons. The van der Waals surface area contributed by atoms with E-state index >= 15 is 0 Å². The van der Waals surface area contributed by atoms with Gasteiger partial charge in [-0.05, 0) is 50.6 Å². The van der Waals surface area contributed by atoms with Gasteiger partial charge in [0.2, 0.25) is 0 Å². The lowest BCUT2D eigenvalue weighted by molar-refractivity contribution is -0.0757. The highest BCUT2D eigenvalue weighted by Crippen LogP contribution is 2.20. The highest BCUT2D eigenvalue weighted by Gasteiger charge is 2.29. The van der Waals surface area contributed by atoms with Gasteiger partial charge in [0.05, 0.1) is 24.9 Å². The van der Waals surface area contributed by atoms with Gasteiger partial charge in [0.25, 0.3) is 0 Å². The summed E-state index contributed by atoms with van der Waals surface area (Å²) in [5.74, 6) is 0. The van der Waals surface area contributed by atoms with Crippen LogP contribution in [0.1, 0.15) is 115 Å². The van der Waals surface area contributed by atoms with E-state index in [0.29, 0.717) is 6.61 Å². The molecule has 1 aromatic rings. The van der Waals surface area contributed by atoms with Crippen molar-refractivity contribution in [3.8, 4) is 0 Å². The summed E-state index contributed by atoms with van der Waals surface area (Å²) in [4.78, 5) is 0. The predicted molar refractivity (Wildman–Crippen MR) is 147 cm³/mol. The van der Waals surface area contributed by atoms with Crippen LogP contribution in [0.15, 0.2) is 30.3 Å². The summed E-state index contributed by atoms with van der Waals surface area (Å²) in [5, 5.41) is 14.6. The van der Waals surface area contributed by atoms with Gasteiger partial charge in [-0.1, -0.05) is 108 Å². The van der Waals surface area contributed by atoms with Crippen LogP contribution in [0.4, 0.5) is 0 Å². The number of benzene rings is 1. The molecule has 0 bridgehead atoms. The fraction of sp³-hybridized carbons (Fsp3) is 0.774. The fourth-order valence-electron chi connectivity index (χ4n) is 5.12. The van der Waals surface area contributed by atoms with Gasteiger partial charge in [0.1, 0.15) is 0 Å². The average Bonchev–Trinajstić information content (AvgIpc) is 2.90. The van der Waals surface area contributed by atoms with E-state index in [1.165, 1.54) is 63.4 Å². The highest BCUT2D eigenvalue weighted by atomic mass is 16.5. The van der Waals surface area contributed by atoms with Crippen molar-refractivity contribution >= 4 is 0 Å². The zero-order valence-corrected chi connectivity index (χ0v) is 22.6. The number of aliphatic hydroxyl groups is 1. The Morgan fingerprint density at radius 3 is 2.34 bits per heavy atom. The minimum atomic E-state index is -0.460. The summed E-state index contributed by atoms with van der Waals surface area (Å²) in [6, 6.07) is 10.5. The van der Waals surface area contributed by atoms with Gasteiger partial charge in [0.15, 0.2) is 0 Å². The molecule has 0 spiro atoms. The minimum Gasteiger partial charge on any atom is -0.389 e. The third-order valence-electron chi connectivity index (χ3n) is 7.35. The van der Waals surface area contributed by atoms with E-state index in [9.17, 15) is 5.11 Å². The topological polar surface area (TPSA) is 50.7 Å². The van der Waals surface area contributed by atoms with Crippen molar-refractivity contribution < 1.29 is 14.6 Å². The number of hydrogen-bond acceptors (Lipinski definition) is 4. The lowest BCUT2D eigenvalue weighted by Gasteiger charge is -2.33. The molecule has 1 aliphatic heterocycles. The molecule has 35 heavy (non-hydrogen) atoms. The molecule has 0 aliphatic carbocycles. The van der Waals surface area contributed by atoms with Crippen LogP contribution in [-0.2, 0) is 16.1 Å². The molecule has 2 unspecified atom stereocenters. The number of aliphatic hydroxyl groups excluding tert-OH is 1. The van der Waals surface area contributed by atoms with Gasteiger partial charge < -0.3 is 19.9 Å². The van der Waals surface area contributed by atoms with E-state index < -0.39 is 6.10 Å². The second-order valence-electron chi connectivity index (χ2n) is 10.4. The Kier molecular flexibility index (Phi) is 17.4. The maximum atomic E-state index is 10.9. The molecule has 1 aliphatic rings. The van der Waals surface area contributed by atoms with Crippen LogP contribution in [-0.4, -0.2) is 42.6 Å². The van der Waals surface area contributed by atoms with Gasteiger partial charge in [-0.2, -0.15) is 0 Å². The van der Waals surface area contributed by atoms with Crippen LogP contribution in [0.3, 0.4) is 0 Å². The van der Waals surface area contributed by atoms with Gasteiger partial charge >= 0.3 is 0 Å². The first-order valence-electron chi connectivity index (χ1n) is 14.7. The molecular weight excluding hydrogens is 434 g/mol. The smallest absolute Gasteiger partial charge is 0.0954 e. The number of unbranched alkanes of at least 4 members (excludes halogenated alkanes) is 8. The summed E-state index contributed by atoms with van der Waals surface area (Å²) < 4.78 is 12.2. The van der Waals surface area contributed by atoms with Crippen molar-refractivity contribution in [1.29, 1.82) is 0 Å². The normalized spacial score (nSPS) is 18.9. The Morgan fingerprint density at radius 2 is 1.69 bits per heavy atom. The molecule has 4 heteroatoms. The van der Waals surface area contributed by atoms with Gasteiger partial charge in [-0.3, -0.25) is 0 Å². The van der Waals surface area contributed by atoms with Crippen molar-refractivity contribution in [2.75, 3.05) is 13.2 Å². The van der Waals surface area contributed by atoms with Gasteiger partial charge in [-0.15, -0.1) is 0 Å². The molecule has 4 nitrogen and oxygen atoms in total. The first kappa shape index (κ1) is 30.3. The first-order chi connectivity index (χ1) is 17.2. The second kappa shape index (κ2) is 20.2. The van der Waals surface area contributed by atoms with E-state index in [1.807, 2.05) is 0 Å². The van der Waals surface area contributed by atoms with E-state index in [-0.39, 0.29) is 18.2 Å². The lowest BCUT2D eigenvalue weighted by atomic mass is 9.95. The number of nitrogens with one attached hydrogen (secondary N) is 1. The van der Waals surface area contributed by atoms with Crippen LogP contribution in [0.25, 0.3) is 0 Å². The fourth-order valence-corrected chi connectivity index (χ4v) is 5.12. The Morgan fingerprint density at radius 1 is 0.971 bits per heavy atom. The summed E-state index contributed by atoms with van der Waals surface area (Å²) in [7, 11) is 0. The third-order valence-corrected chi connectivity index (χ3v) is 7.35. The van der Waals surface area contributed by atoms with Crippen LogP contribution < -0.4 is 5.32 Å². The van der Waals surface area contributed by atoms with Crippen LogP contribution in [0, 0.1) is 6.92 Å². The molecule has 0 saturated carbocycles. The molecule has 1 aromatic carbocycles. The summed E-state index contributed by atoms with van der Waals surface area (Å²) in [6.07, 6.45) is 18.8. The largest absolute Gasteiger partial charge is 0.389 e. The number of rotatable bonds is 21. The van der Waals surface area contributed by atoms with Crippen molar-refractivity contribution in [2.45, 2.75) is 141 Å². The monoisotopic (exact) mass is 488 g/mol. The third kappa shape index (κ3) is 13.8.